The third-order valence-electron chi connectivity index (χ3n) is 4.88. The molecule has 0 spiro atoms. The summed E-state index contributed by atoms with van der Waals surface area (Å²) in [5, 5.41) is 0. The van der Waals surface area contributed by atoms with Crippen LogP contribution in [0.5, 0.6) is 5.75 Å². The minimum Gasteiger partial charge on any atom is -0.476 e. The first-order valence-corrected chi connectivity index (χ1v) is 10.2. The number of carbonyl (C=O) groups excluding carboxylic acids is 2. The normalized spacial score (nSPS) is 14.6. The van der Waals surface area contributed by atoms with Crippen molar-refractivity contribution < 1.29 is 19.1 Å². The van der Waals surface area contributed by atoms with Gasteiger partial charge in [-0.25, -0.2) is 4.79 Å². The van der Waals surface area contributed by atoms with Crippen LogP contribution in [0.1, 0.15) is 38.1 Å². The predicted molar refractivity (Wildman–Crippen MR) is 115 cm³/mol. The summed E-state index contributed by atoms with van der Waals surface area (Å²) in [4.78, 5) is 32.9. The number of aromatic nitrogens is 1. The fraction of sp³-hybridized carbons (Fsp3) is 0.435. The molecule has 1 aliphatic rings. The number of hydrogen-bond donors (Lipinski definition) is 0. The number of piperazine rings is 1. The Labute approximate surface area is 177 Å². The Hall–Kier alpha value is -3.09. The highest BCUT2D eigenvalue weighted by Gasteiger charge is 2.32. The van der Waals surface area contributed by atoms with E-state index in [1.165, 1.54) is 0 Å². The number of rotatable bonds is 6. The van der Waals surface area contributed by atoms with Gasteiger partial charge < -0.3 is 19.3 Å². The fourth-order valence-electron chi connectivity index (χ4n) is 3.28. The summed E-state index contributed by atoms with van der Waals surface area (Å²) >= 11 is 0. The van der Waals surface area contributed by atoms with E-state index in [9.17, 15) is 9.59 Å². The van der Waals surface area contributed by atoms with Gasteiger partial charge in [0.2, 0.25) is 0 Å². The SMILES string of the molecule is CC(C)OC(=O)C(C)(C)Oc1cccc(N2CCN(C(=O)c3ccncc3)CC2)c1. The largest absolute Gasteiger partial charge is 0.476 e. The maximum Gasteiger partial charge on any atom is 0.350 e. The molecule has 0 unspecified atom stereocenters. The van der Waals surface area contributed by atoms with E-state index in [0.717, 1.165) is 18.8 Å². The van der Waals surface area contributed by atoms with Crippen LogP contribution in [0.25, 0.3) is 0 Å². The lowest BCUT2D eigenvalue weighted by molar-refractivity contribution is -0.163. The number of anilines is 1. The summed E-state index contributed by atoms with van der Waals surface area (Å²) in [7, 11) is 0. The Morgan fingerprint density at radius 2 is 1.70 bits per heavy atom. The van der Waals surface area contributed by atoms with Crippen LogP contribution in [-0.2, 0) is 9.53 Å². The molecule has 1 aromatic heterocycles. The van der Waals surface area contributed by atoms with Gasteiger partial charge in [-0.2, -0.15) is 0 Å². The summed E-state index contributed by atoms with van der Waals surface area (Å²) in [6.45, 7) is 9.75. The van der Waals surface area contributed by atoms with Crippen molar-refractivity contribution in [3.63, 3.8) is 0 Å². The molecule has 2 aromatic rings. The average Bonchev–Trinajstić information content (AvgIpc) is 2.73. The van der Waals surface area contributed by atoms with Crippen molar-refractivity contribution in [2.24, 2.45) is 0 Å². The molecule has 1 amide bonds. The van der Waals surface area contributed by atoms with Crippen molar-refractivity contribution in [3.05, 3.63) is 54.4 Å². The Morgan fingerprint density at radius 3 is 2.33 bits per heavy atom. The van der Waals surface area contributed by atoms with Gasteiger partial charge in [-0.05, 0) is 52.0 Å². The first-order chi connectivity index (χ1) is 14.3. The molecule has 30 heavy (non-hydrogen) atoms. The number of ether oxygens (including phenoxy) is 2. The lowest BCUT2D eigenvalue weighted by Crippen LogP contribution is -2.48. The molecule has 1 fully saturated rings. The number of benzene rings is 1. The fourth-order valence-corrected chi connectivity index (χ4v) is 3.28. The van der Waals surface area contributed by atoms with E-state index in [1.54, 1.807) is 38.4 Å². The molecule has 1 aliphatic heterocycles. The molecule has 0 saturated carbocycles. The minimum absolute atomic E-state index is 0.0274. The van der Waals surface area contributed by atoms with Crippen LogP contribution in [0.3, 0.4) is 0 Å². The number of amides is 1. The van der Waals surface area contributed by atoms with E-state index < -0.39 is 11.6 Å². The smallest absolute Gasteiger partial charge is 0.350 e. The number of carbonyl (C=O) groups is 2. The molecule has 0 aliphatic carbocycles. The number of pyridine rings is 1. The molecule has 160 valence electrons. The molecule has 1 aromatic carbocycles. The lowest BCUT2D eigenvalue weighted by Gasteiger charge is -2.36. The zero-order chi connectivity index (χ0) is 21.7. The van der Waals surface area contributed by atoms with Crippen molar-refractivity contribution in [2.45, 2.75) is 39.4 Å². The zero-order valence-corrected chi connectivity index (χ0v) is 18.0. The Morgan fingerprint density at radius 1 is 1.03 bits per heavy atom. The van der Waals surface area contributed by atoms with Gasteiger partial charge in [0.25, 0.3) is 5.91 Å². The third-order valence-corrected chi connectivity index (χ3v) is 4.88. The molecule has 0 bridgehead atoms. The monoisotopic (exact) mass is 411 g/mol. The second kappa shape index (κ2) is 9.15. The molecule has 0 radical (unpaired) electrons. The van der Waals surface area contributed by atoms with E-state index >= 15 is 0 Å². The van der Waals surface area contributed by atoms with Crippen LogP contribution in [-0.4, -0.2) is 59.6 Å². The molecule has 7 heteroatoms. The molecule has 1 saturated heterocycles. The predicted octanol–water partition coefficient (Wildman–Crippen LogP) is 3.15. The maximum absolute atomic E-state index is 12.6. The summed E-state index contributed by atoms with van der Waals surface area (Å²) < 4.78 is 11.2. The van der Waals surface area contributed by atoms with Crippen LogP contribution >= 0.6 is 0 Å². The van der Waals surface area contributed by atoms with Gasteiger partial charge in [-0.15, -0.1) is 0 Å². The highest BCUT2D eigenvalue weighted by molar-refractivity contribution is 5.94. The maximum atomic E-state index is 12.6. The van der Waals surface area contributed by atoms with Gasteiger partial charge in [0, 0.05) is 55.9 Å². The van der Waals surface area contributed by atoms with Crippen LogP contribution in [0.2, 0.25) is 0 Å². The van der Waals surface area contributed by atoms with Crippen molar-refractivity contribution >= 4 is 17.6 Å². The van der Waals surface area contributed by atoms with E-state index in [0.29, 0.717) is 24.4 Å². The van der Waals surface area contributed by atoms with E-state index in [-0.39, 0.29) is 12.0 Å². The first-order valence-electron chi connectivity index (χ1n) is 10.2. The summed E-state index contributed by atoms with van der Waals surface area (Å²) in [5.41, 5.74) is 0.569. The summed E-state index contributed by atoms with van der Waals surface area (Å²) in [6, 6.07) is 11.1. The first kappa shape index (κ1) is 21.6. The number of hydrogen-bond acceptors (Lipinski definition) is 6. The van der Waals surface area contributed by atoms with E-state index in [2.05, 4.69) is 9.88 Å². The lowest BCUT2D eigenvalue weighted by atomic mass is 10.1. The van der Waals surface area contributed by atoms with Crippen molar-refractivity contribution in [2.75, 3.05) is 31.1 Å². The molecule has 2 heterocycles. The quantitative estimate of drug-likeness (QED) is 0.680. The molecular weight excluding hydrogens is 382 g/mol. The number of esters is 1. The van der Waals surface area contributed by atoms with Gasteiger partial charge in [-0.3, -0.25) is 9.78 Å². The van der Waals surface area contributed by atoms with Crippen molar-refractivity contribution in [1.29, 1.82) is 0 Å². The number of nitrogens with zero attached hydrogens (tertiary/aromatic N) is 3. The Balaban J connectivity index is 1.62. The van der Waals surface area contributed by atoms with E-state index in [1.807, 2.05) is 43.0 Å². The molecule has 7 nitrogen and oxygen atoms in total. The van der Waals surface area contributed by atoms with Gasteiger partial charge in [-0.1, -0.05) is 6.07 Å². The Bertz CT molecular complexity index is 875. The van der Waals surface area contributed by atoms with Crippen LogP contribution < -0.4 is 9.64 Å². The summed E-state index contributed by atoms with van der Waals surface area (Å²) in [5.74, 6) is 0.235. The van der Waals surface area contributed by atoms with Gasteiger partial charge in [0.1, 0.15) is 5.75 Å². The molecular formula is C23H29N3O4. The highest BCUT2D eigenvalue weighted by atomic mass is 16.6. The van der Waals surface area contributed by atoms with Crippen LogP contribution in [0.15, 0.2) is 48.8 Å². The standard InChI is InChI=1S/C23H29N3O4/c1-17(2)29-22(28)23(3,4)30-20-7-5-6-19(16-20)25-12-14-26(15-13-25)21(27)18-8-10-24-11-9-18/h5-11,16-17H,12-15H2,1-4H3. The topological polar surface area (TPSA) is 72.0 Å². The van der Waals surface area contributed by atoms with Crippen molar-refractivity contribution in [1.82, 2.24) is 9.88 Å². The minimum atomic E-state index is -1.08. The molecule has 3 rings (SSSR count). The van der Waals surface area contributed by atoms with E-state index in [4.69, 9.17) is 9.47 Å². The molecule has 0 atom stereocenters. The van der Waals surface area contributed by atoms with Gasteiger partial charge in [0.05, 0.1) is 6.10 Å². The van der Waals surface area contributed by atoms with Gasteiger partial charge in [0.15, 0.2) is 5.60 Å². The second-order valence-corrected chi connectivity index (χ2v) is 8.08. The zero-order valence-electron chi connectivity index (χ0n) is 18.0. The summed E-state index contributed by atoms with van der Waals surface area (Å²) in [6.07, 6.45) is 3.07. The van der Waals surface area contributed by atoms with Crippen molar-refractivity contribution in [3.8, 4) is 5.75 Å². The average molecular weight is 412 g/mol. The Kier molecular flexibility index (Phi) is 6.59. The van der Waals surface area contributed by atoms with Crippen LogP contribution in [0, 0.1) is 0 Å². The second-order valence-electron chi connectivity index (χ2n) is 8.08. The van der Waals surface area contributed by atoms with Gasteiger partial charge >= 0.3 is 5.97 Å². The third kappa shape index (κ3) is 5.28. The van der Waals surface area contributed by atoms with Crippen LogP contribution in [0.4, 0.5) is 5.69 Å². The molecule has 0 N–H and O–H groups in total. The highest BCUT2D eigenvalue weighted by Crippen LogP contribution is 2.26.